The number of carbonyl (C=O) groups excluding carboxylic acids is 1. The number of hydrogen-bond donors (Lipinski definition) is 2. The van der Waals surface area contributed by atoms with Gasteiger partial charge in [0.1, 0.15) is 11.6 Å². The number of aliphatic carboxylic acids is 1. The summed E-state index contributed by atoms with van der Waals surface area (Å²) in [6.07, 6.45) is 0. The topological polar surface area (TPSA) is 92.4 Å². The third-order valence-corrected chi connectivity index (χ3v) is 2.45. The van der Waals surface area contributed by atoms with Crippen LogP contribution in [0.5, 0.6) is 0 Å². The third kappa shape index (κ3) is 2.32. The summed E-state index contributed by atoms with van der Waals surface area (Å²) in [6, 6.07) is 4.01. The number of pyridine rings is 1. The van der Waals surface area contributed by atoms with Crippen molar-refractivity contribution in [3.05, 3.63) is 29.7 Å². The van der Waals surface area contributed by atoms with Crippen molar-refractivity contribution in [2.45, 2.75) is 19.9 Å². The SMILES string of the molecule is Cc1ccc2oc(C(=O)NC(C)C(=O)O)cc2n1. The summed E-state index contributed by atoms with van der Waals surface area (Å²) in [4.78, 5) is 26.5. The van der Waals surface area contributed by atoms with Gasteiger partial charge in [0, 0.05) is 11.8 Å². The number of carboxylic acids is 1. The van der Waals surface area contributed by atoms with Crippen molar-refractivity contribution in [1.82, 2.24) is 10.3 Å². The molecule has 0 aliphatic rings. The van der Waals surface area contributed by atoms with Crippen LogP contribution in [0.15, 0.2) is 22.6 Å². The van der Waals surface area contributed by atoms with Crippen molar-refractivity contribution in [3.8, 4) is 0 Å². The first-order valence-corrected chi connectivity index (χ1v) is 5.38. The Balaban J connectivity index is 2.26. The minimum absolute atomic E-state index is 0.0520. The molecule has 18 heavy (non-hydrogen) atoms. The van der Waals surface area contributed by atoms with E-state index >= 15 is 0 Å². The van der Waals surface area contributed by atoms with Gasteiger partial charge in [-0.25, -0.2) is 4.98 Å². The molecule has 6 nitrogen and oxygen atoms in total. The van der Waals surface area contributed by atoms with Crippen molar-refractivity contribution in [2.24, 2.45) is 0 Å². The Morgan fingerprint density at radius 2 is 2.17 bits per heavy atom. The van der Waals surface area contributed by atoms with Crippen molar-refractivity contribution in [2.75, 3.05) is 0 Å². The number of nitrogens with zero attached hydrogens (tertiary/aromatic N) is 1. The Labute approximate surface area is 103 Å². The average Bonchev–Trinajstić information content (AvgIpc) is 2.71. The van der Waals surface area contributed by atoms with E-state index in [1.54, 1.807) is 12.1 Å². The van der Waals surface area contributed by atoms with Crippen molar-refractivity contribution in [1.29, 1.82) is 0 Å². The number of amides is 1. The zero-order valence-corrected chi connectivity index (χ0v) is 9.93. The molecule has 1 atom stereocenters. The van der Waals surface area contributed by atoms with Crippen LogP contribution in [-0.4, -0.2) is 28.0 Å². The van der Waals surface area contributed by atoms with E-state index in [-0.39, 0.29) is 5.76 Å². The molecule has 0 fully saturated rings. The zero-order chi connectivity index (χ0) is 13.3. The Morgan fingerprint density at radius 1 is 1.44 bits per heavy atom. The lowest BCUT2D eigenvalue weighted by atomic mass is 10.3. The second kappa shape index (κ2) is 4.48. The van der Waals surface area contributed by atoms with Crippen LogP contribution >= 0.6 is 0 Å². The summed E-state index contributed by atoms with van der Waals surface area (Å²) >= 11 is 0. The Bertz CT molecular complexity index is 618. The van der Waals surface area contributed by atoms with E-state index in [9.17, 15) is 9.59 Å². The largest absolute Gasteiger partial charge is 0.480 e. The molecule has 0 aromatic carbocycles. The maximum absolute atomic E-state index is 11.7. The van der Waals surface area contributed by atoms with Crippen LogP contribution in [0.4, 0.5) is 0 Å². The van der Waals surface area contributed by atoms with Crippen LogP contribution in [-0.2, 0) is 4.79 Å². The number of rotatable bonds is 3. The first kappa shape index (κ1) is 12.1. The van der Waals surface area contributed by atoms with Gasteiger partial charge in [0.05, 0.1) is 0 Å². The summed E-state index contributed by atoms with van der Waals surface area (Å²) < 4.78 is 5.30. The minimum Gasteiger partial charge on any atom is -0.480 e. The van der Waals surface area contributed by atoms with Crippen LogP contribution in [0.3, 0.4) is 0 Å². The molecular formula is C12H12N2O4. The Morgan fingerprint density at radius 3 is 2.83 bits per heavy atom. The molecule has 2 rings (SSSR count). The van der Waals surface area contributed by atoms with E-state index in [2.05, 4.69) is 10.3 Å². The molecule has 2 N–H and O–H groups in total. The van der Waals surface area contributed by atoms with E-state index in [4.69, 9.17) is 9.52 Å². The van der Waals surface area contributed by atoms with Gasteiger partial charge in [-0.3, -0.25) is 9.59 Å². The van der Waals surface area contributed by atoms with Crippen molar-refractivity contribution < 1.29 is 19.1 Å². The molecule has 0 aliphatic heterocycles. The lowest BCUT2D eigenvalue weighted by Crippen LogP contribution is -2.38. The van der Waals surface area contributed by atoms with Gasteiger partial charge in [0.25, 0.3) is 5.91 Å². The summed E-state index contributed by atoms with van der Waals surface area (Å²) in [6.45, 7) is 3.21. The Hall–Kier alpha value is -2.37. The molecule has 0 spiro atoms. The maximum Gasteiger partial charge on any atom is 0.325 e. The number of aryl methyl sites for hydroxylation is 1. The summed E-state index contributed by atoms with van der Waals surface area (Å²) in [5, 5.41) is 11.0. The fourth-order valence-corrected chi connectivity index (χ4v) is 1.47. The predicted octanol–water partition coefficient (Wildman–Crippen LogP) is 1.34. The average molecular weight is 248 g/mol. The van der Waals surface area contributed by atoms with E-state index in [0.717, 1.165) is 5.69 Å². The lowest BCUT2D eigenvalue weighted by molar-refractivity contribution is -0.138. The number of furan rings is 1. The summed E-state index contributed by atoms with van der Waals surface area (Å²) in [5.74, 6) is -1.62. The highest BCUT2D eigenvalue weighted by molar-refractivity contribution is 5.97. The monoisotopic (exact) mass is 248 g/mol. The number of fused-ring (bicyclic) bond motifs is 1. The summed E-state index contributed by atoms with van der Waals surface area (Å²) in [7, 11) is 0. The number of hydrogen-bond acceptors (Lipinski definition) is 4. The molecule has 94 valence electrons. The fraction of sp³-hybridized carbons (Fsp3) is 0.250. The molecule has 0 saturated heterocycles. The molecule has 1 amide bonds. The molecular weight excluding hydrogens is 236 g/mol. The molecule has 1 unspecified atom stereocenters. The number of aromatic nitrogens is 1. The maximum atomic E-state index is 11.7. The molecule has 2 heterocycles. The van der Waals surface area contributed by atoms with Gasteiger partial charge >= 0.3 is 5.97 Å². The highest BCUT2D eigenvalue weighted by atomic mass is 16.4. The van der Waals surface area contributed by atoms with Crippen LogP contribution in [0.25, 0.3) is 11.1 Å². The van der Waals surface area contributed by atoms with Gasteiger partial charge in [-0.2, -0.15) is 0 Å². The first-order valence-electron chi connectivity index (χ1n) is 5.38. The summed E-state index contributed by atoms with van der Waals surface area (Å²) in [5.41, 5.74) is 1.88. The van der Waals surface area contributed by atoms with Gasteiger partial charge < -0.3 is 14.8 Å². The fourth-order valence-electron chi connectivity index (χ4n) is 1.47. The second-order valence-electron chi connectivity index (χ2n) is 3.98. The highest BCUT2D eigenvalue weighted by Crippen LogP contribution is 2.17. The number of carbonyl (C=O) groups is 2. The van der Waals surface area contributed by atoms with Gasteiger partial charge in [-0.05, 0) is 26.0 Å². The quantitative estimate of drug-likeness (QED) is 0.855. The first-order chi connectivity index (χ1) is 8.47. The normalized spacial score (nSPS) is 12.3. The van der Waals surface area contributed by atoms with Crippen LogP contribution < -0.4 is 5.32 Å². The van der Waals surface area contributed by atoms with Gasteiger partial charge in [-0.1, -0.05) is 0 Å². The Kier molecular flexibility index (Phi) is 3.01. The minimum atomic E-state index is -1.10. The van der Waals surface area contributed by atoms with Crippen LogP contribution in [0.2, 0.25) is 0 Å². The third-order valence-electron chi connectivity index (χ3n) is 2.45. The molecule has 0 radical (unpaired) electrons. The number of carboxylic acid groups (broad SMARTS) is 1. The molecule has 6 heteroatoms. The molecule has 0 saturated carbocycles. The van der Waals surface area contributed by atoms with E-state index in [1.807, 2.05) is 6.92 Å². The molecule has 0 aliphatic carbocycles. The van der Waals surface area contributed by atoms with Gasteiger partial charge in [0.15, 0.2) is 11.3 Å². The zero-order valence-electron chi connectivity index (χ0n) is 9.93. The van der Waals surface area contributed by atoms with Crippen molar-refractivity contribution in [3.63, 3.8) is 0 Å². The van der Waals surface area contributed by atoms with E-state index < -0.39 is 17.9 Å². The highest BCUT2D eigenvalue weighted by Gasteiger charge is 2.18. The molecule has 2 aromatic rings. The smallest absolute Gasteiger partial charge is 0.325 e. The van der Waals surface area contributed by atoms with Crippen LogP contribution in [0, 0.1) is 6.92 Å². The van der Waals surface area contributed by atoms with Gasteiger partial charge in [-0.15, -0.1) is 0 Å². The van der Waals surface area contributed by atoms with E-state index in [1.165, 1.54) is 13.0 Å². The van der Waals surface area contributed by atoms with Gasteiger partial charge in [0.2, 0.25) is 0 Å². The predicted molar refractivity (Wildman–Crippen MR) is 63.3 cm³/mol. The molecule has 0 bridgehead atoms. The second-order valence-corrected chi connectivity index (χ2v) is 3.98. The standard InChI is InChI=1S/C12H12N2O4/c1-6-3-4-9-8(13-6)5-10(18-9)11(15)14-7(2)12(16)17/h3-5,7H,1-2H3,(H,14,15)(H,16,17). The number of nitrogens with one attached hydrogen (secondary N) is 1. The lowest BCUT2D eigenvalue weighted by Gasteiger charge is -2.06. The van der Waals surface area contributed by atoms with Crippen LogP contribution in [0.1, 0.15) is 23.2 Å². The van der Waals surface area contributed by atoms with E-state index in [0.29, 0.717) is 11.1 Å². The molecule has 2 aromatic heterocycles. The van der Waals surface area contributed by atoms with Crippen molar-refractivity contribution >= 4 is 23.0 Å².